The monoisotopic (exact) mass is 454 g/mol. The molecule has 1 aliphatic heterocycles. The Bertz CT molecular complexity index is 675. The van der Waals surface area contributed by atoms with Crippen molar-refractivity contribution in [1.29, 1.82) is 0 Å². The normalized spacial score (nSPS) is 39.4. The van der Waals surface area contributed by atoms with Crippen molar-refractivity contribution in [2.75, 3.05) is 26.3 Å². The molecular weight excluding hydrogens is 412 g/mol. The maximum absolute atomic E-state index is 13.2. The molecule has 2 aliphatic carbocycles. The van der Waals surface area contributed by atoms with Gasteiger partial charge in [-0.1, -0.05) is 20.8 Å². The summed E-state index contributed by atoms with van der Waals surface area (Å²) in [7, 11) is 0. The zero-order valence-corrected chi connectivity index (χ0v) is 19.9. The summed E-state index contributed by atoms with van der Waals surface area (Å²) >= 11 is 0. The number of amides is 2. The molecule has 0 aromatic heterocycles. The van der Waals surface area contributed by atoms with Gasteiger partial charge in [-0.2, -0.15) is 0 Å². The van der Waals surface area contributed by atoms with Crippen molar-refractivity contribution in [2.24, 2.45) is 22.7 Å². The van der Waals surface area contributed by atoms with Crippen LogP contribution in [-0.4, -0.2) is 76.8 Å². The molecular formula is C24H42N2O6. The van der Waals surface area contributed by atoms with Crippen LogP contribution in [0.25, 0.3) is 0 Å². The molecule has 2 saturated carbocycles. The van der Waals surface area contributed by atoms with Crippen molar-refractivity contribution >= 4 is 12.0 Å². The zero-order chi connectivity index (χ0) is 23.5. The van der Waals surface area contributed by atoms with Crippen molar-refractivity contribution < 1.29 is 29.6 Å². The highest BCUT2D eigenvalue weighted by Crippen LogP contribution is 2.61. The van der Waals surface area contributed by atoms with E-state index in [0.29, 0.717) is 25.9 Å². The van der Waals surface area contributed by atoms with Crippen LogP contribution in [0.4, 0.5) is 4.79 Å². The van der Waals surface area contributed by atoms with Crippen LogP contribution in [-0.2, 0) is 9.53 Å². The SMILES string of the molecule is CCCNC(=O)O[C@@H]1CC[C@]2(C)[C@H](CC[C@@H](O)[C@H]2CC(=O)N2CCC[C@H]2CO)[C@]1(C)CO. The second-order valence-corrected chi connectivity index (χ2v) is 10.6. The van der Waals surface area contributed by atoms with Crippen LogP contribution in [0.1, 0.15) is 72.1 Å². The number of hydrogen-bond donors (Lipinski definition) is 4. The lowest BCUT2D eigenvalue weighted by Gasteiger charge is -2.60. The molecule has 0 aromatic carbocycles. The Hall–Kier alpha value is -1.38. The van der Waals surface area contributed by atoms with Crippen molar-refractivity contribution in [1.82, 2.24) is 10.2 Å². The maximum atomic E-state index is 13.2. The Kier molecular flexibility index (Phi) is 8.10. The van der Waals surface area contributed by atoms with E-state index in [1.165, 1.54) is 0 Å². The molecule has 1 heterocycles. The third-order valence-corrected chi connectivity index (χ3v) is 8.75. The number of nitrogens with zero attached hydrogens (tertiary/aromatic N) is 1. The van der Waals surface area contributed by atoms with Gasteiger partial charge in [-0.05, 0) is 62.2 Å². The first-order chi connectivity index (χ1) is 15.2. The molecule has 8 heteroatoms. The molecule has 8 nitrogen and oxygen atoms in total. The molecule has 0 spiro atoms. The molecule has 7 atom stereocenters. The van der Waals surface area contributed by atoms with Gasteiger partial charge in [0.25, 0.3) is 0 Å². The predicted molar refractivity (Wildman–Crippen MR) is 120 cm³/mol. The zero-order valence-electron chi connectivity index (χ0n) is 19.9. The number of carbonyl (C=O) groups excluding carboxylic acids is 2. The lowest BCUT2D eigenvalue weighted by molar-refractivity contribution is -0.187. The largest absolute Gasteiger partial charge is 0.446 e. The summed E-state index contributed by atoms with van der Waals surface area (Å²) in [6, 6.07) is -0.125. The number of nitrogens with one attached hydrogen (secondary N) is 1. The Morgan fingerprint density at radius 1 is 1.16 bits per heavy atom. The molecule has 3 rings (SSSR count). The smallest absolute Gasteiger partial charge is 0.407 e. The molecule has 4 N–H and O–H groups in total. The fourth-order valence-corrected chi connectivity index (χ4v) is 6.84. The summed E-state index contributed by atoms with van der Waals surface area (Å²) in [5, 5.41) is 33.8. The van der Waals surface area contributed by atoms with Crippen molar-refractivity contribution in [3.8, 4) is 0 Å². The molecule has 3 fully saturated rings. The Labute approximate surface area is 191 Å². The summed E-state index contributed by atoms with van der Waals surface area (Å²) in [6.45, 7) is 7.14. The van der Waals surface area contributed by atoms with Gasteiger partial charge in [-0.3, -0.25) is 4.79 Å². The molecule has 0 unspecified atom stereocenters. The quantitative estimate of drug-likeness (QED) is 0.467. The van der Waals surface area contributed by atoms with Crippen molar-refractivity contribution in [2.45, 2.75) is 90.4 Å². The van der Waals surface area contributed by atoms with Gasteiger partial charge in [0, 0.05) is 24.9 Å². The number of aliphatic hydroxyl groups is 3. The van der Waals surface area contributed by atoms with Gasteiger partial charge in [0.05, 0.1) is 25.4 Å². The minimum atomic E-state index is -0.640. The van der Waals surface area contributed by atoms with E-state index in [-0.39, 0.29) is 48.8 Å². The van der Waals surface area contributed by atoms with Crippen LogP contribution in [0.15, 0.2) is 0 Å². The molecule has 0 bridgehead atoms. The van der Waals surface area contributed by atoms with Gasteiger partial charge in [0.1, 0.15) is 6.10 Å². The molecule has 1 saturated heterocycles. The van der Waals surface area contributed by atoms with Crippen LogP contribution in [0.3, 0.4) is 0 Å². The number of hydrogen-bond acceptors (Lipinski definition) is 6. The minimum absolute atomic E-state index is 0.00417. The molecule has 184 valence electrons. The van der Waals surface area contributed by atoms with Crippen LogP contribution in [0, 0.1) is 22.7 Å². The van der Waals surface area contributed by atoms with Crippen LogP contribution >= 0.6 is 0 Å². The third kappa shape index (κ3) is 4.64. The van der Waals surface area contributed by atoms with Gasteiger partial charge in [-0.15, -0.1) is 0 Å². The molecule has 2 amide bonds. The molecule has 0 radical (unpaired) electrons. The average molecular weight is 455 g/mol. The number of alkyl carbamates (subject to hydrolysis) is 1. The van der Waals surface area contributed by atoms with Gasteiger partial charge in [0.15, 0.2) is 0 Å². The Morgan fingerprint density at radius 3 is 2.56 bits per heavy atom. The summed E-state index contributed by atoms with van der Waals surface area (Å²) in [5.41, 5.74) is -0.988. The van der Waals surface area contributed by atoms with E-state index in [4.69, 9.17) is 4.74 Å². The van der Waals surface area contributed by atoms with Gasteiger partial charge in [0.2, 0.25) is 5.91 Å². The van der Waals surface area contributed by atoms with Gasteiger partial charge in [-0.25, -0.2) is 4.79 Å². The molecule has 0 aromatic rings. The minimum Gasteiger partial charge on any atom is -0.446 e. The summed E-state index contributed by atoms with van der Waals surface area (Å²) < 4.78 is 5.77. The second-order valence-electron chi connectivity index (χ2n) is 10.6. The van der Waals surface area contributed by atoms with Crippen LogP contribution in [0.2, 0.25) is 0 Å². The third-order valence-electron chi connectivity index (χ3n) is 8.75. The maximum Gasteiger partial charge on any atom is 0.407 e. The Morgan fingerprint density at radius 2 is 1.91 bits per heavy atom. The van der Waals surface area contributed by atoms with Crippen molar-refractivity contribution in [3.63, 3.8) is 0 Å². The standard InChI is InChI=1S/C24H42N2O6/c1-4-11-25-22(31)32-20-9-10-23(2)17(13-21(30)26-12-5-6-16(26)14-27)18(29)7-8-19(23)24(20,3)15-28/h16-20,27-29H,4-15H2,1-3H3,(H,25,31)/t16-,17+,18+,19-,20+,23-,24-/m0/s1. The van der Waals surface area contributed by atoms with E-state index in [9.17, 15) is 24.9 Å². The number of ether oxygens (including phenoxy) is 1. The second kappa shape index (κ2) is 10.3. The number of fused-ring (bicyclic) bond motifs is 1. The number of rotatable bonds is 7. The van der Waals surface area contributed by atoms with E-state index in [1.54, 1.807) is 4.90 Å². The Balaban J connectivity index is 1.79. The highest BCUT2D eigenvalue weighted by Gasteiger charge is 2.60. The lowest BCUT2D eigenvalue weighted by Crippen LogP contribution is -2.61. The van der Waals surface area contributed by atoms with E-state index in [0.717, 1.165) is 32.1 Å². The number of carbonyl (C=O) groups is 2. The van der Waals surface area contributed by atoms with Crippen LogP contribution < -0.4 is 5.32 Å². The highest BCUT2D eigenvalue weighted by atomic mass is 16.6. The van der Waals surface area contributed by atoms with Crippen LogP contribution in [0.5, 0.6) is 0 Å². The first-order valence-corrected chi connectivity index (χ1v) is 12.3. The highest BCUT2D eigenvalue weighted by molar-refractivity contribution is 5.77. The summed E-state index contributed by atoms with van der Waals surface area (Å²) in [4.78, 5) is 27.2. The first-order valence-electron chi connectivity index (χ1n) is 12.3. The number of aliphatic hydroxyl groups excluding tert-OH is 3. The molecule has 32 heavy (non-hydrogen) atoms. The summed E-state index contributed by atoms with van der Waals surface area (Å²) in [5.74, 6) is -0.212. The number of likely N-dealkylation sites (tertiary alicyclic amines) is 1. The topological polar surface area (TPSA) is 119 Å². The van der Waals surface area contributed by atoms with Gasteiger partial charge < -0.3 is 30.3 Å². The fraction of sp³-hybridized carbons (Fsp3) is 0.917. The first kappa shape index (κ1) is 25.2. The molecule has 3 aliphatic rings. The van der Waals surface area contributed by atoms with E-state index >= 15 is 0 Å². The van der Waals surface area contributed by atoms with E-state index in [1.807, 2.05) is 13.8 Å². The summed E-state index contributed by atoms with van der Waals surface area (Å²) in [6.07, 6.45) is 3.92. The van der Waals surface area contributed by atoms with Gasteiger partial charge >= 0.3 is 6.09 Å². The van der Waals surface area contributed by atoms with E-state index < -0.39 is 23.7 Å². The van der Waals surface area contributed by atoms with Crippen molar-refractivity contribution in [3.05, 3.63) is 0 Å². The van der Waals surface area contributed by atoms with E-state index in [2.05, 4.69) is 12.2 Å². The fourth-order valence-electron chi connectivity index (χ4n) is 6.84. The lowest BCUT2D eigenvalue weighted by atomic mass is 9.46. The predicted octanol–water partition coefficient (Wildman–Crippen LogP) is 2.05. The average Bonchev–Trinajstić information content (AvgIpc) is 3.26.